The van der Waals surface area contributed by atoms with E-state index in [1.54, 1.807) is 6.92 Å². The lowest BCUT2D eigenvalue weighted by Gasteiger charge is -2.27. The van der Waals surface area contributed by atoms with E-state index in [9.17, 15) is 10.1 Å². The molecule has 1 amide bonds. The fourth-order valence-electron chi connectivity index (χ4n) is 3.37. The number of amides is 1. The van der Waals surface area contributed by atoms with Gasteiger partial charge in [0.25, 0.3) is 0 Å². The standard InChI is InChI=1S/C22H30N6OS/c1-17(2)22(3,16-23)24-20(29)15-30-21-26-25-19(14-27-11-7-8-12-27)28(21)13-18-9-5-4-6-10-18/h4-6,9-10,17H,7-8,11-15H2,1-3H3,(H,24,29). The van der Waals surface area contributed by atoms with Crippen molar-refractivity contribution in [2.45, 2.75) is 57.4 Å². The Morgan fingerprint density at radius 1 is 1.23 bits per heavy atom. The van der Waals surface area contributed by atoms with Crippen LogP contribution in [0.1, 0.15) is 45.0 Å². The molecule has 2 heterocycles. The molecule has 2 aromatic rings. The number of aromatic nitrogens is 3. The largest absolute Gasteiger partial charge is 0.337 e. The van der Waals surface area contributed by atoms with Gasteiger partial charge in [0.1, 0.15) is 11.4 Å². The third kappa shape index (κ3) is 5.61. The van der Waals surface area contributed by atoms with Gasteiger partial charge in [-0.3, -0.25) is 9.69 Å². The van der Waals surface area contributed by atoms with Gasteiger partial charge in [0.15, 0.2) is 5.16 Å². The quantitative estimate of drug-likeness (QED) is 0.620. The van der Waals surface area contributed by atoms with Crippen molar-refractivity contribution < 1.29 is 4.79 Å². The van der Waals surface area contributed by atoms with E-state index in [-0.39, 0.29) is 17.6 Å². The summed E-state index contributed by atoms with van der Waals surface area (Å²) in [6.45, 7) is 9.23. The zero-order valence-corrected chi connectivity index (χ0v) is 18.8. The Bertz CT molecular complexity index is 885. The number of nitrogens with zero attached hydrogens (tertiary/aromatic N) is 5. The van der Waals surface area contributed by atoms with Gasteiger partial charge in [-0.1, -0.05) is 55.9 Å². The second kappa shape index (κ2) is 10.1. The van der Waals surface area contributed by atoms with Crippen LogP contribution in [0.2, 0.25) is 0 Å². The first-order chi connectivity index (χ1) is 14.4. The van der Waals surface area contributed by atoms with Crippen LogP contribution in [0.5, 0.6) is 0 Å². The first kappa shape index (κ1) is 22.3. The lowest BCUT2D eigenvalue weighted by molar-refractivity contribution is -0.120. The monoisotopic (exact) mass is 426 g/mol. The molecular formula is C22H30N6OS. The fourth-order valence-corrected chi connectivity index (χ4v) is 4.12. The molecule has 0 spiro atoms. The van der Waals surface area contributed by atoms with Crippen LogP contribution in [0.25, 0.3) is 0 Å². The van der Waals surface area contributed by atoms with Crippen LogP contribution in [0.4, 0.5) is 0 Å². The number of hydrogen-bond donors (Lipinski definition) is 1. The van der Waals surface area contributed by atoms with Crippen LogP contribution in [-0.4, -0.2) is 50.0 Å². The zero-order chi connectivity index (χ0) is 21.6. The van der Waals surface area contributed by atoms with Crippen LogP contribution in [0.15, 0.2) is 35.5 Å². The van der Waals surface area contributed by atoms with Crippen molar-refractivity contribution in [2.75, 3.05) is 18.8 Å². The van der Waals surface area contributed by atoms with Crippen LogP contribution in [0, 0.1) is 17.2 Å². The highest BCUT2D eigenvalue weighted by Gasteiger charge is 2.30. The average Bonchev–Trinajstić information content (AvgIpc) is 3.38. The SMILES string of the molecule is CC(C)C(C)(C#N)NC(=O)CSc1nnc(CN2CCCC2)n1Cc1ccccc1. The molecule has 8 heteroatoms. The first-order valence-corrected chi connectivity index (χ1v) is 11.4. The Hall–Kier alpha value is -2.37. The van der Waals surface area contributed by atoms with Crippen molar-refractivity contribution in [1.29, 1.82) is 5.26 Å². The lowest BCUT2D eigenvalue weighted by Crippen LogP contribution is -2.49. The maximum Gasteiger partial charge on any atom is 0.231 e. The minimum Gasteiger partial charge on any atom is -0.337 e. The molecule has 1 aliphatic heterocycles. The molecule has 1 aromatic carbocycles. The molecule has 30 heavy (non-hydrogen) atoms. The summed E-state index contributed by atoms with van der Waals surface area (Å²) in [6.07, 6.45) is 2.45. The minimum atomic E-state index is -0.879. The van der Waals surface area contributed by atoms with Gasteiger partial charge in [-0.15, -0.1) is 10.2 Å². The Balaban J connectivity index is 1.72. The van der Waals surface area contributed by atoms with Crippen LogP contribution in [0.3, 0.4) is 0 Å². The van der Waals surface area contributed by atoms with Gasteiger partial charge >= 0.3 is 0 Å². The molecular weight excluding hydrogens is 396 g/mol. The number of nitriles is 1. The molecule has 1 N–H and O–H groups in total. The molecule has 7 nitrogen and oxygen atoms in total. The van der Waals surface area contributed by atoms with E-state index in [1.807, 2.05) is 32.0 Å². The summed E-state index contributed by atoms with van der Waals surface area (Å²) in [5.74, 6) is 0.965. The number of carbonyl (C=O) groups excluding carboxylic acids is 1. The highest BCUT2D eigenvalue weighted by Crippen LogP contribution is 2.22. The lowest BCUT2D eigenvalue weighted by atomic mass is 9.90. The third-order valence-corrected chi connectivity index (χ3v) is 6.63. The van der Waals surface area contributed by atoms with Gasteiger partial charge in [0.05, 0.1) is 24.9 Å². The molecule has 0 aliphatic carbocycles. The van der Waals surface area contributed by atoms with E-state index in [0.717, 1.165) is 30.6 Å². The Morgan fingerprint density at radius 3 is 2.57 bits per heavy atom. The number of hydrogen-bond acceptors (Lipinski definition) is 6. The maximum atomic E-state index is 12.5. The molecule has 0 saturated carbocycles. The second-order valence-electron chi connectivity index (χ2n) is 8.26. The molecule has 1 saturated heterocycles. The van der Waals surface area contributed by atoms with Gasteiger partial charge in [-0.05, 0) is 44.3 Å². The Morgan fingerprint density at radius 2 is 1.93 bits per heavy atom. The summed E-state index contributed by atoms with van der Waals surface area (Å²) in [5, 5.41) is 21.8. The van der Waals surface area contributed by atoms with E-state index >= 15 is 0 Å². The summed E-state index contributed by atoms with van der Waals surface area (Å²) in [7, 11) is 0. The summed E-state index contributed by atoms with van der Waals surface area (Å²) >= 11 is 1.37. The highest BCUT2D eigenvalue weighted by molar-refractivity contribution is 7.99. The van der Waals surface area contributed by atoms with Gasteiger partial charge < -0.3 is 9.88 Å². The number of carbonyl (C=O) groups is 1. The zero-order valence-electron chi connectivity index (χ0n) is 18.0. The molecule has 0 radical (unpaired) electrons. The van der Waals surface area contributed by atoms with E-state index in [2.05, 4.69) is 43.2 Å². The van der Waals surface area contributed by atoms with Gasteiger partial charge in [-0.25, -0.2) is 0 Å². The summed E-state index contributed by atoms with van der Waals surface area (Å²) in [4.78, 5) is 14.9. The topological polar surface area (TPSA) is 86.8 Å². The predicted molar refractivity (Wildman–Crippen MR) is 118 cm³/mol. The van der Waals surface area contributed by atoms with Gasteiger partial charge in [0, 0.05) is 0 Å². The minimum absolute atomic E-state index is 0.0187. The Labute approximate surface area is 182 Å². The normalized spacial score (nSPS) is 16.4. The first-order valence-electron chi connectivity index (χ1n) is 10.4. The van der Waals surface area contributed by atoms with Crippen LogP contribution < -0.4 is 5.32 Å². The third-order valence-electron chi connectivity index (χ3n) is 5.66. The molecule has 160 valence electrons. The Kier molecular flexibility index (Phi) is 7.51. The summed E-state index contributed by atoms with van der Waals surface area (Å²) in [6, 6.07) is 12.4. The van der Waals surface area contributed by atoms with Crippen molar-refractivity contribution in [3.8, 4) is 6.07 Å². The van der Waals surface area contributed by atoms with Crippen LogP contribution >= 0.6 is 11.8 Å². The fraction of sp³-hybridized carbons (Fsp3) is 0.545. The molecule has 1 atom stereocenters. The van der Waals surface area contributed by atoms with E-state index in [0.29, 0.717) is 6.54 Å². The van der Waals surface area contributed by atoms with Gasteiger partial charge in [0.2, 0.25) is 5.91 Å². The molecule has 1 aliphatic rings. The summed E-state index contributed by atoms with van der Waals surface area (Å²) < 4.78 is 2.11. The molecule has 1 unspecified atom stereocenters. The van der Waals surface area contributed by atoms with E-state index < -0.39 is 5.54 Å². The smallest absolute Gasteiger partial charge is 0.231 e. The second-order valence-corrected chi connectivity index (χ2v) is 9.20. The summed E-state index contributed by atoms with van der Waals surface area (Å²) in [5.41, 5.74) is 0.291. The number of likely N-dealkylation sites (tertiary alicyclic amines) is 1. The number of nitrogens with one attached hydrogen (secondary N) is 1. The molecule has 1 fully saturated rings. The van der Waals surface area contributed by atoms with Crippen molar-refractivity contribution >= 4 is 17.7 Å². The predicted octanol–water partition coefficient (Wildman–Crippen LogP) is 3.07. The molecule has 1 aromatic heterocycles. The number of thioether (sulfide) groups is 1. The van der Waals surface area contributed by atoms with Crippen LogP contribution in [-0.2, 0) is 17.9 Å². The highest BCUT2D eigenvalue weighted by atomic mass is 32.2. The number of benzene rings is 1. The molecule has 0 bridgehead atoms. The van der Waals surface area contributed by atoms with Crippen molar-refractivity contribution in [2.24, 2.45) is 5.92 Å². The number of rotatable bonds is 9. The van der Waals surface area contributed by atoms with Crippen molar-refractivity contribution in [1.82, 2.24) is 25.0 Å². The maximum absolute atomic E-state index is 12.5. The van der Waals surface area contributed by atoms with Gasteiger partial charge in [-0.2, -0.15) is 5.26 Å². The van der Waals surface area contributed by atoms with E-state index in [1.165, 1.54) is 30.2 Å². The van der Waals surface area contributed by atoms with Crippen molar-refractivity contribution in [3.05, 3.63) is 41.7 Å². The molecule has 3 rings (SSSR count). The van der Waals surface area contributed by atoms with Crippen molar-refractivity contribution in [3.63, 3.8) is 0 Å². The average molecular weight is 427 g/mol. The van der Waals surface area contributed by atoms with E-state index in [4.69, 9.17) is 0 Å².